The lowest BCUT2D eigenvalue weighted by Gasteiger charge is -2.22. The molecule has 0 aliphatic carbocycles. The molecular formula is C17H19N3O3S2. The van der Waals surface area contributed by atoms with E-state index in [1.54, 1.807) is 14.2 Å². The molecule has 3 rings (SSSR count). The van der Waals surface area contributed by atoms with Crippen molar-refractivity contribution in [2.45, 2.75) is 0 Å². The van der Waals surface area contributed by atoms with Gasteiger partial charge in [0.25, 0.3) is 0 Å². The predicted octanol–water partition coefficient (Wildman–Crippen LogP) is 3.08. The molecule has 0 saturated carbocycles. The first-order valence-electron chi connectivity index (χ1n) is 7.81. The van der Waals surface area contributed by atoms with Crippen LogP contribution in [0.5, 0.6) is 0 Å². The summed E-state index contributed by atoms with van der Waals surface area (Å²) in [7, 11) is 3.31. The molecule has 0 N–H and O–H groups in total. The molecule has 3 aromatic rings. The Morgan fingerprint density at radius 3 is 2.48 bits per heavy atom. The third-order valence-electron chi connectivity index (χ3n) is 3.67. The third-order valence-corrected chi connectivity index (χ3v) is 5.44. The zero-order chi connectivity index (χ0) is 17.6. The number of nitrogens with zero attached hydrogens (tertiary/aromatic N) is 3. The van der Waals surface area contributed by atoms with E-state index >= 15 is 0 Å². The number of aromatic nitrogens is 2. The van der Waals surface area contributed by atoms with Crippen molar-refractivity contribution in [1.29, 1.82) is 0 Å². The van der Waals surface area contributed by atoms with Crippen LogP contribution in [-0.4, -0.2) is 56.3 Å². The van der Waals surface area contributed by atoms with Crippen LogP contribution in [0, 0.1) is 0 Å². The Labute approximate surface area is 154 Å². The van der Waals surface area contributed by atoms with Crippen LogP contribution in [0.4, 0.5) is 5.95 Å². The van der Waals surface area contributed by atoms with Crippen molar-refractivity contribution in [2.24, 2.45) is 0 Å². The lowest BCUT2D eigenvalue weighted by atomic mass is 10.2. The molecule has 0 bridgehead atoms. The van der Waals surface area contributed by atoms with Crippen molar-refractivity contribution in [3.8, 4) is 0 Å². The molecule has 0 fully saturated rings. The number of ether oxygens (including phenoxy) is 2. The van der Waals surface area contributed by atoms with Gasteiger partial charge < -0.3 is 14.4 Å². The fourth-order valence-corrected chi connectivity index (χ4v) is 3.87. The van der Waals surface area contributed by atoms with Gasteiger partial charge in [0, 0.05) is 27.3 Å². The van der Waals surface area contributed by atoms with Gasteiger partial charge in [-0.05, 0) is 22.9 Å². The second kappa shape index (κ2) is 8.48. The number of hydrogen-bond acceptors (Lipinski definition) is 8. The molecule has 0 saturated heterocycles. The van der Waals surface area contributed by atoms with Crippen molar-refractivity contribution in [1.82, 2.24) is 9.97 Å². The minimum absolute atomic E-state index is 0.0652. The summed E-state index contributed by atoms with van der Waals surface area (Å²) in [6, 6.07) is 5.61. The quantitative estimate of drug-likeness (QED) is 0.534. The van der Waals surface area contributed by atoms with E-state index in [-0.39, 0.29) is 5.78 Å². The Balaban J connectivity index is 2.01. The number of rotatable bonds is 9. The second-order valence-electron chi connectivity index (χ2n) is 5.29. The van der Waals surface area contributed by atoms with E-state index in [4.69, 9.17) is 9.47 Å². The summed E-state index contributed by atoms with van der Waals surface area (Å²) in [5, 5.41) is 3.83. The Morgan fingerprint density at radius 2 is 1.84 bits per heavy atom. The summed E-state index contributed by atoms with van der Waals surface area (Å²) in [5.74, 6) is 0.462. The molecule has 0 amide bonds. The highest BCUT2D eigenvalue weighted by molar-refractivity contribution is 7.17. The highest BCUT2D eigenvalue weighted by Gasteiger charge is 2.20. The largest absolute Gasteiger partial charge is 0.383 e. The van der Waals surface area contributed by atoms with Gasteiger partial charge in [0.15, 0.2) is 0 Å². The number of ketones is 1. The lowest BCUT2D eigenvalue weighted by Crippen LogP contribution is -2.32. The van der Waals surface area contributed by atoms with E-state index in [1.807, 2.05) is 33.9 Å². The molecule has 0 aliphatic rings. The molecular weight excluding hydrogens is 358 g/mol. The molecule has 0 radical (unpaired) electrons. The number of carbonyl (C=O) groups is 1. The SMILES string of the molecule is COCCN(CCOC)c1nc(C(=O)c2cccs2)c2sccc2n1. The first-order chi connectivity index (χ1) is 12.2. The van der Waals surface area contributed by atoms with Gasteiger partial charge in [0.2, 0.25) is 11.7 Å². The number of fused-ring (bicyclic) bond motifs is 1. The monoisotopic (exact) mass is 377 g/mol. The molecule has 0 unspecified atom stereocenters. The summed E-state index contributed by atoms with van der Waals surface area (Å²) < 4.78 is 11.2. The number of hydrogen-bond donors (Lipinski definition) is 0. The predicted molar refractivity (Wildman–Crippen MR) is 101 cm³/mol. The number of thiophene rings is 2. The Bertz CT molecular complexity index is 825. The summed E-state index contributed by atoms with van der Waals surface area (Å²) >= 11 is 2.91. The molecule has 8 heteroatoms. The second-order valence-corrected chi connectivity index (χ2v) is 7.15. The van der Waals surface area contributed by atoms with Gasteiger partial charge in [-0.3, -0.25) is 4.79 Å². The fourth-order valence-electron chi connectivity index (χ4n) is 2.39. The fraction of sp³-hybridized carbons (Fsp3) is 0.353. The minimum atomic E-state index is -0.0652. The number of methoxy groups -OCH3 is 2. The first kappa shape index (κ1) is 17.9. The summed E-state index contributed by atoms with van der Waals surface area (Å²) in [5.41, 5.74) is 1.24. The molecule has 25 heavy (non-hydrogen) atoms. The third kappa shape index (κ3) is 4.04. The van der Waals surface area contributed by atoms with Crippen LogP contribution in [-0.2, 0) is 9.47 Å². The van der Waals surface area contributed by atoms with Crippen molar-refractivity contribution in [2.75, 3.05) is 45.4 Å². The lowest BCUT2D eigenvalue weighted by molar-refractivity contribution is 0.103. The summed E-state index contributed by atoms with van der Waals surface area (Å²) in [6.45, 7) is 2.34. The summed E-state index contributed by atoms with van der Waals surface area (Å²) in [6.07, 6.45) is 0. The van der Waals surface area contributed by atoms with E-state index in [0.717, 1.165) is 10.2 Å². The van der Waals surface area contributed by atoms with E-state index in [1.165, 1.54) is 22.7 Å². The van der Waals surface area contributed by atoms with E-state index in [0.29, 0.717) is 42.8 Å². The molecule has 3 aromatic heterocycles. The van der Waals surface area contributed by atoms with Crippen LogP contribution in [0.3, 0.4) is 0 Å². The molecule has 0 aliphatic heterocycles. The van der Waals surface area contributed by atoms with Gasteiger partial charge in [0.1, 0.15) is 5.69 Å². The molecule has 0 aromatic carbocycles. The Morgan fingerprint density at radius 1 is 1.08 bits per heavy atom. The zero-order valence-electron chi connectivity index (χ0n) is 14.1. The maximum Gasteiger partial charge on any atom is 0.226 e. The first-order valence-corrected chi connectivity index (χ1v) is 9.56. The zero-order valence-corrected chi connectivity index (χ0v) is 15.7. The van der Waals surface area contributed by atoms with E-state index < -0.39 is 0 Å². The van der Waals surface area contributed by atoms with E-state index in [9.17, 15) is 4.79 Å². The topological polar surface area (TPSA) is 64.6 Å². The Hall–Kier alpha value is -1.87. The standard InChI is InChI=1S/C17H19N3O3S2/c1-22-8-6-20(7-9-23-2)17-18-12-5-11-25-16(12)14(19-17)15(21)13-4-3-10-24-13/h3-5,10-11H,6-9H2,1-2H3. The van der Waals surface area contributed by atoms with Crippen LogP contribution in [0.1, 0.15) is 15.4 Å². The number of carbonyl (C=O) groups excluding carboxylic acids is 1. The highest BCUT2D eigenvalue weighted by Crippen LogP contribution is 2.27. The highest BCUT2D eigenvalue weighted by atomic mass is 32.1. The maximum absolute atomic E-state index is 12.9. The molecule has 132 valence electrons. The van der Waals surface area contributed by atoms with Crippen molar-refractivity contribution >= 4 is 44.6 Å². The normalized spacial score (nSPS) is 11.1. The summed E-state index contributed by atoms with van der Waals surface area (Å²) in [4.78, 5) is 24.8. The smallest absolute Gasteiger partial charge is 0.226 e. The van der Waals surface area contributed by atoms with E-state index in [2.05, 4.69) is 9.97 Å². The van der Waals surface area contributed by atoms with Crippen LogP contribution in [0.25, 0.3) is 10.2 Å². The van der Waals surface area contributed by atoms with Gasteiger partial charge >= 0.3 is 0 Å². The maximum atomic E-state index is 12.9. The van der Waals surface area contributed by atoms with Crippen LogP contribution in [0.2, 0.25) is 0 Å². The minimum Gasteiger partial charge on any atom is -0.383 e. The average molecular weight is 377 g/mol. The van der Waals surface area contributed by atoms with Crippen molar-refractivity contribution in [3.63, 3.8) is 0 Å². The van der Waals surface area contributed by atoms with Crippen LogP contribution in [0.15, 0.2) is 29.0 Å². The number of anilines is 1. The average Bonchev–Trinajstić information content (AvgIpc) is 3.31. The van der Waals surface area contributed by atoms with Gasteiger partial charge in [-0.25, -0.2) is 9.97 Å². The van der Waals surface area contributed by atoms with Crippen molar-refractivity contribution < 1.29 is 14.3 Å². The van der Waals surface area contributed by atoms with Gasteiger partial charge in [-0.15, -0.1) is 22.7 Å². The molecule has 3 heterocycles. The van der Waals surface area contributed by atoms with Gasteiger partial charge in [-0.1, -0.05) is 6.07 Å². The molecule has 6 nitrogen and oxygen atoms in total. The van der Waals surface area contributed by atoms with Crippen molar-refractivity contribution in [3.05, 3.63) is 39.5 Å². The molecule has 0 atom stereocenters. The van der Waals surface area contributed by atoms with Gasteiger partial charge in [-0.2, -0.15) is 0 Å². The van der Waals surface area contributed by atoms with Gasteiger partial charge in [0.05, 0.1) is 28.3 Å². The molecule has 0 spiro atoms. The van der Waals surface area contributed by atoms with Crippen LogP contribution < -0.4 is 4.90 Å². The van der Waals surface area contributed by atoms with Crippen LogP contribution >= 0.6 is 22.7 Å². The Kier molecular flexibility index (Phi) is 6.09.